The lowest BCUT2D eigenvalue weighted by atomic mass is 9.99. The van der Waals surface area contributed by atoms with E-state index < -0.39 is 0 Å². The normalized spacial score (nSPS) is 11.8. The van der Waals surface area contributed by atoms with Gasteiger partial charge in [0, 0.05) is 18.7 Å². The van der Waals surface area contributed by atoms with Crippen molar-refractivity contribution in [2.45, 2.75) is 47.2 Å². The number of aryl methyl sites for hydroxylation is 4. The molecule has 0 radical (unpaired) electrons. The van der Waals surface area contributed by atoms with Gasteiger partial charge in [-0.1, -0.05) is 60.7 Å². The molecule has 0 spiro atoms. The van der Waals surface area contributed by atoms with Gasteiger partial charge in [-0.05, 0) is 103 Å². The van der Waals surface area contributed by atoms with Crippen LogP contribution < -0.4 is 10.5 Å². The van der Waals surface area contributed by atoms with Gasteiger partial charge in [0.2, 0.25) is 0 Å². The molecule has 4 aromatic rings. The smallest absolute Gasteiger partial charge is 0.254 e. The first-order chi connectivity index (χ1) is 19.7. The minimum absolute atomic E-state index is 0.0167. The highest BCUT2D eigenvalue weighted by Crippen LogP contribution is 2.22. The summed E-state index contributed by atoms with van der Waals surface area (Å²) in [6.45, 7) is 12.7. The molecule has 5 nitrogen and oxygen atoms in total. The Morgan fingerprint density at radius 2 is 1.39 bits per heavy atom. The minimum atomic E-state index is -0.171. The summed E-state index contributed by atoms with van der Waals surface area (Å²) in [6, 6.07) is 28.1. The van der Waals surface area contributed by atoms with Crippen molar-refractivity contribution in [2.24, 2.45) is 5.73 Å². The van der Waals surface area contributed by atoms with Gasteiger partial charge in [0.25, 0.3) is 5.91 Å². The molecule has 0 saturated heterocycles. The monoisotopic (exact) mass is 550 g/mol. The molecule has 41 heavy (non-hydrogen) atoms. The molecule has 0 aromatic heterocycles. The zero-order valence-electron chi connectivity index (χ0n) is 24.9. The second-order valence-electron chi connectivity index (χ2n) is 10.8. The highest BCUT2D eigenvalue weighted by atomic mass is 16.5. The number of hydrogen-bond donors (Lipinski definition) is 1. The maximum Gasteiger partial charge on any atom is 0.254 e. The van der Waals surface area contributed by atoms with Crippen LogP contribution in [0, 0.1) is 34.6 Å². The first-order valence-electron chi connectivity index (χ1n) is 14.3. The van der Waals surface area contributed by atoms with Gasteiger partial charge in [-0.3, -0.25) is 4.79 Å². The Balaban J connectivity index is 1.31. The molecular formula is C36H42N2O3. The SMILES string of the molecule is Cc1ccc(CN(CCOCCOc2ccc(C(N)c3ccccc3)cc2)C(=O)c2cc(C)c(C)c(C)c2)cc1C. The quantitative estimate of drug-likeness (QED) is 0.193. The number of ether oxygens (including phenoxy) is 2. The van der Waals surface area contributed by atoms with E-state index in [-0.39, 0.29) is 11.9 Å². The second kappa shape index (κ2) is 14.1. The maximum absolute atomic E-state index is 13.6. The van der Waals surface area contributed by atoms with Gasteiger partial charge < -0.3 is 20.1 Å². The van der Waals surface area contributed by atoms with Crippen LogP contribution in [-0.4, -0.2) is 37.2 Å². The summed E-state index contributed by atoms with van der Waals surface area (Å²) in [5.74, 6) is 0.789. The zero-order chi connectivity index (χ0) is 29.4. The van der Waals surface area contributed by atoms with E-state index in [1.54, 1.807) is 0 Å². The Morgan fingerprint density at radius 1 is 0.732 bits per heavy atom. The van der Waals surface area contributed by atoms with Crippen molar-refractivity contribution in [3.8, 4) is 5.75 Å². The molecule has 1 amide bonds. The molecule has 4 rings (SSSR count). The third-order valence-corrected chi connectivity index (χ3v) is 7.81. The molecule has 1 unspecified atom stereocenters. The molecule has 0 aliphatic carbocycles. The molecule has 0 heterocycles. The summed E-state index contributed by atoms with van der Waals surface area (Å²) in [6.07, 6.45) is 0. The van der Waals surface area contributed by atoms with Crippen LogP contribution in [0.3, 0.4) is 0 Å². The molecule has 214 valence electrons. The average molecular weight is 551 g/mol. The van der Waals surface area contributed by atoms with Gasteiger partial charge in [-0.15, -0.1) is 0 Å². The number of rotatable bonds is 12. The number of carbonyl (C=O) groups is 1. The van der Waals surface area contributed by atoms with Crippen molar-refractivity contribution in [3.63, 3.8) is 0 Å². The standard InChI is InChI=1S/C36H42N2O3/c1-25-11-12-30(21-26(25)2)24-38(36(39)33-22-27(3)29(5)28(4)23-33)17-18-40-19-20-41-34-15-13-32(14-16-34)35(37)31-9-7-6-8-10-31/h6-16,21-23,35H,17-20,24,37H2,1-5H3. The first kappa shape index (κ1) is 30.0. The summed E-state index contributed by atoms with van der Waals surface area (Å²) in [5.41, 5.74) is 16.3. The summed E-state index contributed by atoms with van der Waals surface area (Å²) in [4.78, 5) is 15.5. The molecule has 4 aromatic carbocycles. The average Bonchev–Trinajstić information content (AvgIpc) is 2.98. The van der Waals surface area contributed by atoms with Gasteiger partial charge in [0.1, 0.15) is 12.4 Å². The summed E-state index contributed by atoms with van der Waals surface area (Å²) >= 11 is 0. The lowest BCUT2D eigenvalue weighted by Crippen LogP contribution is -2.34. The number of nitrogens with two attached hydrogens (primary N) is 1. The van der Waals surface area contributed by atoms with Crippen molar-refractivity contribution in [2.75, 3.05) is 26.4 Å². The fraction of sp³-hybridized carbons (Fsp3) is 0.306. The van der Waals surface area contributed by atoms with Crippen LogP contribution in [-0.2, 0) is 11.3 Å². The van der Waals surface area contributed by atoms with Crippen LogP contribution in [0.25, 0.3) is 0 Å². The number of carbonyl (C=O) groups excluding carboxylic acids is 1. The molecule has 0 saturated carbocycles. The fourth-order valence-corrected chi connectivity index (χ4v) is 4.84. The lowest BCUT2D eigenvalue weighted by Gasteiger charge is -2.24. The molecular weight excluding hydrogens is 508 g/mol. The summed E-state index contributed by atoms with van der Waals surface area (Å²) < 4.78 is 11.8. The van der Waals surface area contributed by atoms with E-state index in [1.165, 1.54) is 16.7 Å². The van der Waals surface area contributed by atoms with Crippen molar-refractivity contribution < 1.29 is 14.3 Å². The van der Waals surface area contributed by atoms with E-state index in [0.717, 1.165) is 33.6 Å². The highest BCUT2D eigenvalue weighted by Gasteiger charge is 2.18. The molecule has 0 bridgehead atoms. The third kappa shape index (κ3) is 8.06. The van der Waals surface area contributed by atoms with Gasteiger partial charge in [-0.25, -0.2) is 0 Å². The van der Waals surface area contributed by atoms with Crippen LogP contribution in [0.4, 0.5) is 0 Å². The van der Waals surface area contributed by atoms with Gasteiger partial charge in [0.15, 0.2) is 0 Å². The van der Waals surface area contributed by atoms with Crippen LogP contribution in [0.2, 0.25) is 0 Å². The molecule has 2 N–H and O–H groups in total. The Hall–Kier alpha value is -3.93. The Morgan fingerprint density at radius 3 is 2.05 bits per heavy atom. The largest absolute Gasteiger partial charge is 0.491 e. The Labute approximate surface area is 244 Å². The molecule has 0 aliphatic rings. The van der Waals surface area contributed by atoms with Crippen LogP contribution in [0.15, 0.2) is 84.9 Å². The number of hydrogen-bond acceptors (Lipinski definition) is 4. The molecule has 0 fully saturated rings. The van der Waals surface area contributed by atoms with E-state index >= 15 is 0 Å². The summed E-state index contributed by atoms with van der Waals surface area (Å²) in [5, 5.41) is 0. The molecule has 1 atom stereocenters. The van der Waals surface area contributed by atoms with Gasteiger partial charge >= 0.3 is 0 Å². The van der Waals surface area contributed by atoms with E-state index in [2.05, 4.69) is 52.8 Å². The predicted molar refractivity (Wildman–Crippen MR) is 167 cm³/mol. The fourth-order valence-electron chi connectivity index (χ4n) is 4.84. The number of amides is 1. The van der Waals surface area contributed by atoms with Crippen LogP contribution in [0.1, 0.15) is 60.9 Å². The highest BCUT2D eigenvalue weighted by molar-refractivity contribution is 5.94. The van der Waals surface area contributed by atoms with Crippen molar-refractivity contribution in [3.05, 3.63) is 135 Å². The Kier molecular flexibility index (Phi) is 10.3. The molecule has 0 aliphatic heterocycles. The van der Waals surface area contributed by atoms with E-state index in [1.807, 2.05) is 71.6 Å². The van der Waals surface area contributed by atoms with Crippen molar-refractivity contribution in [1.82, 2.24) is 4.90 Å². The predicted octanol–water partition coefficient (Wildman–Crippen LogP) is 7.01. The van der Waals surface area contributed by atoms with Crippen LogP contribution >= 0.6 is 0 Å². The van der Waals surface area contributed by atoms with Gasteiger partial charge in [-0.2, -0.15) is 0 Å². The van der Waals surface area contributed by atoms with Crippen LogP contribution in [0.5, 0.6) is 5.75 Å². The lowest BCUT2D eigenvalue weighted by molar-refractivity contribution is 0.0572. The van der Waals surface area contributed by atoms with E-state index in [4.69, 9.17) is 15.2 Å². The first-order valence-corrected chi connectivity index (χ1v) is 14.3. The van der Waals surface area contributed by atoms with Crippen molar-refractivity contribution in [1.29, 1.82) is 0 Å². The zero-order valence-corrected chi connectivity index (χ0v) is 24.9. The second-order valence-corrected chi connectivity index (χ2v) is 10.8. The summed E-state index contributed by atoms with van der Waals surface area (Å²) in [7, 11) is 0. The van der Waals surface area contributed by atoms with E-state index in [9.17, 15) is 4.79 Å². The van der Waals surface area contributed by atoms with E-state index in [0.29, 0.717) is 38.5 Å². The third-order valence-electron chi connectivity index (χ3n) is 7.81. The maximum atomic E-state index is 13.6. The van der Waals surface area contributed by atoms with Gasteiger partial charge in [0.05, 0.1) is 19.3 Å². The van der Waals surface area contributed by atoms with Crippen molar-refractivity contribution >= 4 is 5.91 Å². The molecule has 5 heteroatoms. The minimum Gasteiger partial charge on any atom is -0.491 e. The topological polar surface area (TPSA) is 64.8 Å². The number of nitrogens with zero attached hydrogens (tertiary/aromatic N) is 1. The number of benzene rings is 4. The Bertz CT molecular complexity index is 1420.